The van der Waals surface area contributed by atoms with Gasteiger partial charge in [-0.05, 0) is 39.0 Å². The first-order valence-corrected chi connectivity index (χ1v) is 7.90. The summed E-state index contributed by atoms with van der Waals surface area (Å²) in [6, 6.07) is 19.5. The molecule has 0 saturated carbocycles. The van der Waals surface area contributed by atoms with Gasteiger partial charge in [-0.25, -0.2) is 4.57 Å². The molecular weight excluding hydrogens is 280 g/mol. The molecule has 3 aromatic carbocycles. The molecule has 112 valence electrons. The van der Waals surface area contributed by atoms with Crippen molar-refractivity contribution in [3.8, 4) is 11.4 Å². The molecule has 2 nitrogen and oxygen atoms in total. The van der Waals surface area contributed by atoms with Gasteiger partial charge in [0.15, 0.2) is 5.69 Å². The second-order valence-corrected chi connectivity index (χ2v) is 6.14. The van der Waals surface area contributed by atoms with Crippen molar-refractivity contribution in [2.75, 3.05) is 0 Å². The Morgan fingerprint density at radius 3 is 2.43 bits per heavy atom. The fourth-order valence-electron chi connectivity index (χ4n) is 3.30. The zero-order chi connectivity index (χ0) is 16.0. The highest BCUT2D eigenvalue weighted by Crippen LogP contribution is 2.33. The van der Waals surface area contributed by atoms with Crippen molar-refractivity contribution in [2.45, 2.75) is 13.8 Å². The molecule has 0 amide bonds. The van der Waals surface area contributed by atoms with Crippen molar-refractivity contribution >= 4 is 21.5 Å². The van der Waals surface area contributed by atoms with Crippen LogP contribution >= 0.6 is 0 Å². The summed E-state index contributed by atoms with van der Waals surface area (Å²) in [5.74, 6) is 1.02. The average Bonchev–Trinajstić information content (AvgIpc) is 2.57. The maximum absolute atomic E-state index is 4.80. The van der Waals surface area contributed by atoms with Gasteiger partial charge < -0.3 is 0 Å². The van der Waals surface area contributed by atoms with Crippen molar-refractivity contribution in [3.05, 3.63) is 72.1 Å². The molecule has 0 fully saturated rings. The van der Waals surface area contributed by atoms with Crippen molar-refractivity contribution in [1.82, 2.24) is 4.98 Å². The quantitative estimate of drug-likeness (QED) is 0.373. The lowest BCUT2D eigenvalue weighted by Crippen LogP contribution is -2.32. The summed E-state index contributed by atoms with van der Waals surface area (Å²) in [6.45, 7) is 4.20. The number of fused-ring (bicyclic) bond motifs is 3. The number of rotatable bonds is 1. The van der Waals surface area contributed by atoms with Crippen molar-refractivity contribution in [1.29, 1.82) is 0 Å². The molecular formula is C21H19N2+. The molecule has 4 rings (SSSR count). The third kappa shape index (κ3) is 2.18. The molecule has 0 N–H and O–H groups in total. The first-order chi connectivity index (χ1) is 11.1. The molecule has 4 aromatic rings. The summed E-state index contributed by atoms with van der Waals surface area (Å²) in [7, 11) is 2.06. The highest BCUT2D eigenvalue weighted by Gasteiger charge is 2.19. The molecule has 0 aliphatic carbocycles. The lowest BCUT2D eigenvalue weighted by atomic mass is 9.95. The van der Waals surface area contributed by atoms with E-state index in [9.17, 15) is 0 Å². The monoisotopic (exact) mass is 299 g/mol. The topological polar surface area (TPSA) is 16.8 Å². The molecule has 0 atom stereocenters. The molecule has 0 unspecified atom stereocenters. The zero-order valence-corrected chi connectivity index (χ0v) is 13.7. The van der Waals surface area contributed by atoms with Crippen molar-refractivity contribution in [2.24, 2.45) is 7.05 Å². The summed E-state index contributed by atoms with van der Waals surface area (Å²) < 4.78 is 2.10. The molecule has 1 heterocycles. The van der Waals surface area contributed by atoms with Gasteiger partial charge in [0.1, 0.15) is 0 Å². The van der Waals surface area contributed by atoms with Crippen LogP contribution in [0.3, 0.4) is 0 Å². The molecule has 0 aliphatic heterocycles. The predicted molar refractivity (Wildman–Crippen MR) is 95.3 cm³/mol. The molecule has 0 aliphatic rings. The van der Waals surface area contributed by atoms with Gasteiger partial charge in [-0.1, -0.05) is 48.5 Å². The molecule has 0 bridgehead atoms. The van der Waals surface area contributed by atoms with E-state index < -0.39 is 0 Å². The van der Waals surface area contributed by atoms with Gasteiger partial charge in [0.2, 0.25) is 0 Å². The fourth-order valence-corrected chi connectivity index (χ4v) is 3.30. The van der Waals surface area contributed by atoms with Crippen LogP contribution in [0, 0.1) is 13.8 Å². The molecule has 2 heteroatoms. The van der Waals surface area contributed by atoms with Crippen LogP contribution < -0.4 is 4.57 Å². The minimum atomic E-state index is 1.02. The summed E-state index contributed by atoms with van der Waals surface area (Å²) in [6.07, 6.45) is 2.08. The zero-order valence-electron chi connectivity index (χ0n) is 13.7. The van der Waals surface area contributed by atoms with Gasteiger partial charge >= 0.3 is 5.82 Å². The third-order valence-electron chi connectivity index (χ3n) is 4.51. The van der Waals surface area contributed by atoms with Gasteiger partial charge in [0.05, 0.1) is 18.8 Å². The summed E-state index contributed by atoms with van der Waals surface area (Å²) in [5, 5.41) is 5.11. The van der Waals surface area contributed by atoms with E-state index in [0.717, 1.165) is 11.5 Å². The van der Waals surface area contributed by atoms with Crippen LogP contribution in [0.15, 0.2) is 60.8 Å². The second-order valence-electron chi connectivity index (χ2n) is 6.14. The molecule has 1 aromatic heterocycles. The van der Waals surface area contributed by atoms with E-state index >= 15 is 0 Å². The number of aromatic nitrogens is 2. The minimum Gasteiger partial charge on any atom is -0.233 e. The maximum atomic E-state index is 4.80. The number of aryl methyl sites for hydroxylation is 3. The van der Waals surface area contributed by atoms with Crippen LogP contribution in [0.4, 0.5) is 0 Å². The standard InChI is InChI=1S/C21H19N2/c1-14-8-10-18-17-7-5-4-6-16(17)9-11-19(18)20(14)21-22-15(2)12-13-23(21)3/h4-13H,1-3H3/q+1. The normalized spacial score (nSPS) is 11.3. The minimum absolute atomic E-state index is 1.02. The van der Waals surface area contributed by atoms with Gasteiger partial charge in [-0.2, -0.15) is 0 Å². The van der Waals surface area contributed by atoms with E-state index in [0.29, 0.717) is 0 Å². The lowest BCUT2D eigenvalue weighted by molar-refractivity contribution is -0.663. The Balaban J connectivity index is 2.16. The summed E-state index contributed by atoms with van der Waals surface area (Å²) in [4.78, 5) is 4.80. The Morgan fingerprint density at radius 2 is 1.57 bits per heavy atom. The Bertz CT molecular complexity index is 1050. The Hall–Kier alpha value is -2.74. The van der Waals surface area contributed by atoms with Crippen molar-refractivity contribution < 1.29 is 4.57 Å². The Kier molecular flexibility index (Phi) is 3.12. The van der Waals surface area contributed by atoms with Crippen LogP contribution in [-0.4, -0.2) is 4.98 Å². The first kappa shape index (κ1) is 13.9. The smallest absolute Gasteiger partial charge is 0.233 e. The second kappa shape index (κ2) is 5.17. The SMILES string of the molecule is Cc1cc[n+](C)c(-c2c(C)ccc3c2ccc2ccccc23)n1. The van der Waals surface area contributed by atoms with Crippen LogP contribution in [0.25, 0.3) is 32.9 Å². The average molecular weight is 299 g/mol. The Labute approximate surface area is 136 Å². The number of benzene rings is 3. The fraction of sp³-hybridized carbons (Fsp3) is 0.143. The van der Waals surface area contributed by atoms with Crippen molar-refractivity contribution in [3.63, 3.8) is 0 Å². The van der Waals surface area contributed by atoms with Gasteiger partial charge in [0.25, 0.3) is 0 Å². The van der Waals surface area contributed by atoms with Crippen LogP contribution in [0.1, 0.15) is 11.3 Å². The van der Waals surface area contributed by atoms with Crippen LogP contribution in [0.2, 0.25) is 0 Å². The van der Waals surface area contributed by atoms with E-state index in [1.54, 1.807) is 0 Å². The number of nitrogens with zero attached hydrogens (tertiary/aromatic N) is 2. The number of hydrogen-bond acceptors (Lipinski definition) is 1. The molecule has 0 spiro atoms. The predicted octanol–water partition coefficient (Wildman–Crippen LogP) is 4.50. The van der Waals surface area contributed by atoms with Gasteiger partial charge in [-0.15, -0.1) is 0 Å². The van der Waals surface area contributed by atoms with E-state index in [1.165, 1.54) is 32.7 Å². The number of hydrogen-bond donors (Lipinski definition) is 0. The first-order valence-electron chi connectivity index (χ1n) is 7.90. The van der Waals surface area contributed by atoms with Crippen LogP contribution in [0.5, 0.6) is 0 Å². The maximum Gasteiger partial charge on any atom is 0.331 e. The highest BCUT2D eigenvalue weighted by atomic mass is 15.0. The largest absolute Gasteiger partial charge is 0.331 e. The van der Waals surface area contributed by atoms with E-state index in [-0.39, 0.29) is 0 Å². The summed E-state index contributed by atoms with van der Waals surface area (Å²) >= 11 is 0. The van der Waals surface area contributed by atoms with E-state index in [1.807, 2.05) is 13.0 Å². The lowest BCUT2D eigenvalue weighted by Gasteiger charge is -2.10. The summed E-state index contributed by atoms with van der Waals surface area (Å²) in [5.41, 5.74) is 3.51. The van der Waals surface area contributed by atoms with Crippen LogP contribution in [-0.2, 0) is 7.05 Å². The van der Waals surface area contributed by atoms with E-state index in [4.69, 9.17) is 4.98 Å². The highest BCUT2D eigenvalue weighted by molar-refractivity contribution is 6.11. The molecule has 0 radical (unpaired) electrons. The van der Waals surface area contributed by atoms with Gasteiger partial charge in [-0.3, -0.25) is 0 Å². The third-order valence-corrected chi connectivity index (χ3v) is 4.51. The van der Waals surface area contributed by atoms with E-state index in [2.05, 4.69) is 73.3 Å². The molecule has 23 heavy (non-hydrogen) atoms. The Morgan fingerprint density at radius 1 is 0.783 bits per heavy atom. The molecule has 0 saturated heterocycles. The van der Waals surface area contributed by atoms with Gasteiger partial charge in [0, 0.05) is 13.0 Å².